The molecule has 2 aromatic carbocycles. The molecule has 1 amide bonds. The van der Waals surface area contributed by atoms with E-state index in [0.29, 0.717) is 30.2 Å². The Hall–Kier alpha value is -2.53. The molecule has 0 unspecified atom stereocenters. The zero-order chi connectivity index (χ0) is 16.9. The second-order valence-corrected chi connectivity index (χ2v) is 5.69. The molecule has 0 atom stereocenters. The monoisotopic (exact) mass is 326 g/mol. The van der Waals surface area contributed by atoms with Gasteiger partial charge in [-0.15, -0.1) is 0 Å². The predicted molar refractivity (Wildman–Crippen MR) is 92.3 cm³/mol. The van der Waals surface area contributed by atoms with Gasteiger partial charge in [0.05, 0.1) is 13.7 Å². The lowest BCUT2D eigenvalue weighted by atomic mass is 10.1. The summed E-state index contributed by atoms with van der Waals surface area (Å²) in [5.74, 6) is 1.07. The van der Waals surface area contributed by atoms with Gasteiger partial charge in [0.2, 0.25) is 0 Å². The van der Waals surface area contributed by atoms with E-state index in [1.54, 1.807) is 25.3 Å². The van der Waals surface area contributed by atoms with Gasteiger partial charge in [0.1, 0.15) is 0 Å². The van der Waals surface area contributed by atoms with E-state index in [9.17, 15) is 4.79 Å². The molecule has 0 fully saturated rings. The van der Waals surface area contributed by atoms with Crippen LogP contribution in [0.25, 0.3) is 0 Å². The minimum atomic E-state index is -0.130. The Morgan fingerprint density at radius 2 is 1.96 bits per heavy atom. The first-order valence-electron chi connectivity index (χ1n) is 8.11. The Kier molecular flexibility index (Phi) is 5.01. The number of carbonyl (C=O) groups excluding carboxylic acids is 1. The molecule has 0 spiro atoms. The van der Waals surface area contributed by atoms with Crippen molar-refractivity contribution < 1.29 is 14.3 Å². The SMILES string of the molecule is CCOc1ccc(C(=O)NCc2ccc3c(c2)CNC3)cc1OC. The fourth-order valence-electron chi connectivity index (χ4n) is 2.83. The van der Waals surface area contributed by atoms with E-state index >= 15 is 0 Å². The second kappa shape index (κ2) is 7.36. The molecular weight excluding hydrogens is 304 g/mol. The molecule has 0 bridgehead atoms. The molecule has 3 rings (SSSR count). The molecule has 0 saturated heterocycles. The maximum Gasteiger partial charge on any atom is 0.251 e. The smallest absolute Gasteiger partial charge is 0.251 e. The number of hydrogen-bond acceptors (Lipinski definition) is 4. The third-order valence-corrected chi connectivity index (χ3v) is 4.08. The summed E-state index contributed by atoms with van der Waals surface area (Å²) in [7, 11) is 1.57. The van der Waals surface area contributed by atoms with Crippen LogP contribution < -0.4 is 20.1 Å². The van der Waals surface area contributed by atoms with E-state index in [1.165, 1.54) is 11.1 Å². The topological polar surface area (TPSA) is 59.6 Å². The van der Waals surface area contributed by atoms with E-state index in [0.717, 1.165) is 18.7 Å². The Morgan fingerprint density at radius 3 is 2.75 bits per heavy atom. The molecule has 0 aliphatic carbocycles. The molecule has 1 heterocycles. The summed E-state index contributed by atoms with van der Waals surface area (Å²) in [5.41, 5.74) is 4.30. The minimum Gasteiger partial charge on any atom is -0.493 e. The van der Waals surface area contributed by atoms with E-state index < -0.39 is 0 Å². The number of methoxy groups -OCH3 is 1. The van der Waals surface area contributed by atoms with Crippen molar-refractivity contribution in [3.8, 4) is 11.5 Å². The molecule has 24 heavy (non-hydrogen) atoms. The molecule has 5 heteroatoms. The normalized spacial score (nSPS) is 12.6. The average molecular weight is 326 g/mol. The van der Waals surface area contributed by atoms with Gasteiger partial charge in [0.15, 0.2) is 11.5 Å². The van der Waals surface area contributed by atoms with Gasteiger partial charge in [0.25, 0.3) is 5.91 Å². The van der Waals surface area contributed by atoms with Crippen LogP contribution >= 0.6 is 0 Å². The molecule has 2 aromatic rings. The van der Waals surface area contributed by atoms with Gasteiger partial charge in [-0.1, -0.05) is 18.2 Å². The molecule has 126 valence electrons. The van der Waals surface area contributed by atoms with E-state index in [-0.39, 0.29) is 5.91 Å². The zero-order valence-corrected chi connectivity index (χ0v) is 14.0. The van der Waals surface area contributed by atoms with Gasteiger partial charge >= 0.3 is 0 Å². The first-order chi connectivity index (χ1) is 11.7. The maximum atomic E-state index is 12.4. The van der Waals surface area contributed by atoms with Crippen molar-refractivity contribution in [3.05, 3.63) is 58.7 Å². The minimum absolute atomic E-state index is 0.130. The van der Waals surface area contributed by atoms with E-state index in [4.69, 9.17) is 9.47 Å². The number of hydrogen-bond donors (Lipinski definition) is 2. The van der Waals surface area contributed by atoms with E-state index in [2.05, 4.69) is 28.8 Å². The standard InChI is InChI=1S/C19H22N2O3/c1-3-24-17-7-6-14(9-18(17)23-2)19(22)21-10-13-4-5-15-11-20-12-16(15)8-13/h4-9,20H,3,10-12H2,1-2H3,(H,21,22). The number of carbonyl (C=O) groups is 1. The third-order valence-electron chi connectivity index (χ3n) is 4.08. The highest BCUT2D eigenvalue weighted by Gasteiger charge is 2.13. The number of amides is 1. The van der Waals surface area contributed by atoms with Crippen molar-refractivity contribution in [2.24, 2.45) is 0 Å². The van der Waals surface area contributed by atoms with Gasteiger partial charge in [-0.25, -0.2) is 0 Å². The van der Waals surface area contributed by atoms with E-state index in [1.807, 2.05) is 6.92 Å². The first-order valence-corrected chi connectivity index (χ1v) is 8.11. The Balaban J connectivity index is 1.66. The van der Waals surface area contributed by atoms with Crippen LogP contribution in [0.4, 0.5) is 0 Å². The Morgan fingerprint density at radius 1 is 1.12 bits per heavy atom. The number of ether oxygens (including phenoxy) is 2. The van der Waals surface area contributed by atoms with Crippen LogP contribution in [0.5, 0.6) is 11.5 Å². The lowest BCUT2D eigenvalue weighted by molar-refractivity contribution is 0.0950. The molecular formula is C19H22N2O3. The van der Waals surface area contributed by atoms with Gasteiger partial charge in [-0.2, -0.15) is 0 Å². The number of rotatable bonds is 6. The fourth-order valence-corrected chi connectivity index (χ4v) is 2.83. The summed E-state index contributed by atoms with van der Waals surface area (Å²) in [5, 5.41) is 6.27. The van der Waals surface area contributed by atoms with Gasteiger partial charge in [-0.3, -0.25) is 4.79 Å². The molecule has 1 aliphatic heterocycles. The van der Waals surface area contributed by atoms with Crippen molar-refractivity contribution in [2.45, 2.75) is 26.6 Å². The Bertz CT molecular complexity index is 743. The van der Waals surface area contributed by atoms with Crippen LogP contribution in [0.2, 0.25) is 0 Å². The zero-order valence-electron chi connectivity index (χ0n) is 14.0. The van der Waals surface area contributed by atoms with Gasteiger partial charge < -0.3 is 20.1 Å². The van der Waals surface area contributed by atoms with Crippen LogP contribution in [0.15, 0.2) is 36.4 Å². The summed E-state index contributed by atoms with van der Waals surface area (Å²) in [6.45, 7) is 4.78. The third kappa shape index (κ3) is 3.51. The maximum absolute atomic E-state index is 12.4. The molecule has 1 aliphatic rings. The van der Waals surface area contributed by atoms with Gasteiger partial charge in [-0.05, 0) is 41.8 Å². The summed E-state index contributed by atoms with van der Waals surface area (Å²) in [6, 6.07) is 11.5. The number of benzene rings is 2. The van der Waals surface area contributed by atoms with Crippen molar-refractivity contribution in [3.63, 3.8) is 0 Å². The lowest BCUT2D eigenvalue weighted by Gasteiger charge is -2.11. The summed E-state index contributed by atoms with van der Waals surface area (Å²) < 4.78 is 10.8. The average Bonchev–Trinajstić information content (AvgIpc) is 3.08. The van der Waals surface area contributed by atoms with Crippen molar-refractivity contribution in [1.82, 2.24) is 10.6 Å². The first kappa shape index (κ1) is 16.3. The second-order valence-electron chi connectivity index (χ2n) is 5.69. The van der Waals surface area contributed by atoms with Crippen molar-refractivity contribution >= 4 is 5.91 Å². The number of fused-ring (bicyclic) bond motifs is 1. The highest BCUT2D eigenvalue weighted by atomic mass is 16.5. The molecule has 0 aromatic heterocycles. The molecule has 5 nitrogen and oxygen atoms in total. The van der Waals surface area contributed by atoms with Crippen molar-refractivity contribution in [2.75, 3.05) is 13.7 Å². The molecule has 0 radical (unpaired) electrons. The number of nitrogens with one attached hydrogen (secondary N) is 2. The Labute approximate surface area is 142 Å². The lowest BCUT2D eigenvalue weighted by Crippen LogP contribution is -2.22. The van der Waals surface area contributed by atoms with Crippen molar-refractivity contribution in [1.29, 1.82) is 0 Å². The van der Waals surface area contributed by atoms with Crippen LogP contribution in [0.1, 0.15) is 34.0 Å². The molecule has 2 N–H and O–H groups in total. The van der Waals surface area contributed by atoms with Crippen LogP contribution in [-0.2, 0) is 19.6 Å². The predicted octanol–water partition coefficient (Wildman–Crippen LogP) is 2.63. The largest absolute Gasteiger partial charge is 0.493 e. The summed E-state index contributed by atoms with van der Waals surface area (Å²) >= 11 is 0. The summed E-state index contributed by atoms with van der Waals surface area (Å²) in [6.07, 6.45) is 0. The molecule has 0 saturated carbocycles. The van der Waals surface area contributed by atoms with Crippen LogP contribution in [-0.4, -0.2) is 19.6 Å². The quantitative estimate of drug-likeness (QED) is 0.857. The fraction of sp³-hybridized carbons (Fsp3) is 0.316. The van der Waals surface area contributed by atoms with Gasteiger partial charge in [0, 0.05) is 25.2 Å². The van der Waals surface area contributed by atoms with Crippen LogP contribution in [0.3, 0.4) is 0 Å². The van der Waals surface area contributed by atoms with Crippen LogP contribution in [0, 0.1) is 0 Å². The highest BCUT2D eigenvalue weighted by molar-refractivity contribution is 5.94. The summed E-state index contributed by atoms with van der Waals surface area (Å²) in [4.78, 5) is 12.4. The highest BCUT2D eigenvalue weighted by Crippen LogP contribution is 2.28.